The van der Waals surface area contributed by atoms with E-state index in [1.165, 1.54) is 24.3 Å². The molecule has 0 aliphatic rings. The standard InChI is InChI=1S/C25H22ClN3O5S/c1-15-21(14-24(30)28-18-7-10-20(11-8-18)35(27,32)33)22-13-19(34-2)9-12-23(22)29(15)25(31)16-3-5-17(26)6-4-16/h3-13H,14H2,1-2H3,(H,28,30)(H2,27,32,33). The van der Waals surface area contributed by atoms with Crippen LogP contribution in [0.1, 0.15) is 21.6 Å². The van der Waals surface area contributed by atoms with Gasteiger partial charge in [-0.05, 0) is 79.2 Å². The van der Waals surface area contributed by atoms with Crippen LogP contribution < -0.4 is 15.2 Å². The third-order valence-electron chi connectivity index (χ3n) is 5.64. The molecule has 35 heavy (non-hydrogen) atoms. The van der Waals surface area contributed by atoms with E-state index in [1.807, 2.05) is 0 Å². The maximum Gasteiger partial charge on any atom is 0.262 e. The highest BCUT2D eigenvalue weighted by Crippen LogP contribution is 2.31. The van der Waals surface area contributed by atoms with Gasteiger partial charge in [-0.15, -0.1) is 0 Å². The normalized spacial score (nSPS) is 11.4. The molecule has 1 heterocycles. The number of amides is 1. The van der Waals surface area contributed by atoms with Crippen molar-refractivity contribution in [2.75, 3.05) is 12.4 Å². The Morgan fingerprint density at radius 2 is 1.69 bits per heavy atom. The molecule has 0 saturated heterocycles. The number of hydrogen-bond acceptors (Lipinski definition) is 5. The molecule has 3 N–H and O–H groups in total. The first-order valence-corrected chi connectivity index (χ1v) is 12.4. The zero-order chi connectivity index (χ0) is 25.3. The van der Waals surface area contributed by atoms with Crippen LogP contribution in [0.5, 0.6) is 5.75 Å². The lowest BCUT2D eigenvalue weighted by atomic mass is 10.1. The number of carbonyl (C=O) groups is 2. The van der Waals surface area contributed by atoms with Gasteiger partial charge in [0.05, 0.1) is 23.9 Å². The minimum Gasteiger partial charge on any atom is -0.497 e. The lowest BCUT2D eigenvalue weighted by Gasteiger charge is -2.09. The molecule has 0 aliphatic heterocycles. The van der Waals surface area contributed by atoms with Gasteiger partial charge in [0.2, 0.25) is 15.9 Å². The minimum atomic E-state index is -3.83. The number of benzene rings is 3. The summed E-state index contributed by atoms with van der Waals surface area (Å²) < 4.78 is 29.8. The number of fused-ring (bicyclic) bond motifs is 1. The van der Waals surface area contributed by atoms with E-state index in [0.29, 0.717) is 44.2 Å². The summed E-state index contributed by atoms with van der Waals surface area (Å²) in [5.41, 5.74) is 2.80. The van der Waals surface area contributed by atoms with Crippen LogP contribution >= 0.6 is 11.6 Å². The molecule has 0 radical (unpaired) electrons. The van der Waals surface area contributed by atoms with Crippen LogP contribution in [0.25, 0.3) is 10.9 Å². The Morgan fingerprint density at radius 1 is 1.03 bits per heavy atom. The number of anilines is 1. The molecule has 180 valence electrons. The largest absolute Gasteiger partial charge is 0.497 e. The molecule has 0 atom stereocenters. The molecule has 4 aromatic rings. The molecule has 8 nitrogen and oxygen atoms in total. The molecular formula is C25H22ClN3O5S. The predicted octanol–water partition coefficient (Wildman–Crippen LogP) is 4.13. The number of nitrogens with two attached hydrogens (primary N) is 1. The van der Waals surface area contributed by atoms with Crippen LogP contribution in [0.2, 0.25) is 5.02 Å². The van der Waals surface area contributed by atoms with Crippen LogP contribution in [0.15, 0.2) is 71.6 Å². The maximum absolute atomic E-state index is 13.4. The predicted molar refractivity (Wildman–Crippen MR) is 135 cm³/mol. The van der Waals surface area contributed by atoms with E-state index in [2.05, 4.69) is 5.32 Å². The second-order valence-electron chi connectivity index (χ2n) is 7.89. The van der Waals surface area contributed by atoms with Gasteiger partial charge < -0.3 is 10.1 Å². The van der Waals surface area contributed by atoms with Gasteiger partial charge in [-0.1, -0.05) is 11.6 Å². The number of rotatable bonds is 6. The molecular weight excluding hydrogens is 490 g/mol. The van der Waals surface area contributed by atoms with Crippen molar-refractivity contribution in [1.82, 2.24) is 4.57 Å². The van der Waals surface area contributed by atoms with E-state index in [-0.39, 0.29) is 23.1 Å². The van der Waals surface area contributed by atoms with Crippen molar-refractivity contribution >= 4 is 50.0 Å². The molecule has 0 aliphatic carbocycles. The topological polar surface area (TPSA) is 120 Å². The molecule has 4 rings (SSSR count). The van der Waals surface area contributed by atoms with Crippen LogP contribution in [0, 0.1) is 6.92 Å². The summed E-state index contributed by atoms with van der Waals surface area (Å²) in [7, 11) is -2.29. The number of aromatic nitrogens is 1. The smallest absolute Gasteiger partial charge is 0.262 e. The van der Waals surface area contributed by atoms with Crippen LogP contribution in [-0.4, -0.2) is 31.9 Å². The van der Waals surface area contributed by atoms with Crippen molar-refractivity contribution < 1.29 is 22.7 Å². The van der Waals surface area contributed by atoms with Gasteiger partial charge >= 0.3 is 0 Å². The Kier molecular flexibility index (Phi) is 6.66. The summed E-state index contributed by atoms with van der Waals surface area (Å²) >= 11 is 5.97. The van der Waals surface area contributed by atoms with Gasteiger partial charge in [0, 0.05) is 27.4 Å². The van der Waals surface area contributed by atoms with Crippen molar-refractivity contribution in [2.45, 2.75) is 18.2 Å². The van der Waals surface area contributed by atoms with Crippen molar-refractivity contribution in [3.63, 3.8) is 0 Å². The van der Waals surface area contributed by atoms with Gasteiger partial charge in [-0.25, -0.2) is 13.6 Å². The number of halogens is 1. The lowest BCUT2D eigenvalue weighted by Crippen LogP contribution is -2.17. The minimum absolute atomic E-state index is 0.0205. The van der Waals surface area contributed by atoms with Gasteiger partial charge in [0.15, 0.2) is 0 Å². The van der Waals surface area contributed by atoms with Crippen LogP contribution in [0.4, 0.5) is 5.69 Å². The quantitative estimate of drug-likeness (QED) is 0.403. The summed E-state index contributed by atoms with van der Waals surface area (Å²) in [6.45, 7) is 1.78. The fraction of sp³-hybridized carbons (Fsp3) is 0.120. The van der Waals surface area contributed by atoms with Crippen molar-refractivity contribution in [3.8, 4) is 5.75 Å². The number of ether oxygens (including phenoxy) is 1. The van der Waals surface area contributed by atoms with Gasteiger partial charge in [0.25, 0.3) is 5.91 Å². The molecule has 1 aromatic heterocycles. The molecule has 0 unspecified atom stereocenters. The number of nitrogens with one attached hydrogen (secondary N) is 1. The van der Waals surface area contributed by atoms with Crippen LogP contribution in [0.3, 0.4) is 0 Å². The molecule has 3 aromatic carbocycles. The number of hydrogen-bond donors (Lipinski definition) is 2. The number of sulfonamides is 1. The van der Waals surface area contributed by atoms with Crippen molar-refractivity contribution in [2.24, 2.45) is 5.14 Å². The molecule has 0 bridgehead atoms. The summed E-state index contributed by atoms with van der Waals surface area (Å²) in [5, 5.41) is 9.10. The molecule has 0 fully saturated rings. The first kappa shape index (κ1) is 24.5. The highest BCUT2D eigenvalue weighted by atomic mass is 35.5. The molecule has 1 amide bonds. The first-order valence-electron chi connectivity index (χ1n) is 10.5. The number of carbonyl (C=O) groups excluding carboxylic acids is 2. The van der Waals surface area contributed by atoms with E-state index in [9.17, 15) is 18.0 Å². The van der Waals surface area contributed by atoms with Gasteiger partial charge in [-0.3, -0.25) is 14.2 Å². The first-order chi connectivity index (χ1) is 16.6. The number of nitrogens with zero attached hydrogens (tertiary/aromatic N) is 1. The highest BCUT2D eigenvalue weighted by Gasteiger charge is 2.22. The summed E-state index contributed by atoms with van der Waals surface area (Å²) in [5.74, 6) is 0.00525. The maximum atomic E-state index is 13.4. The Morgan fingerprint density at radius 3 is 2.29 bits per heavy atom. The number of primary sulfonamides is 1. The molecule has 0 saturated carbocycles. The third-order valence-corrected chi connectivity index (χ3v) is 6.82. The van der Waals surface area contributed by atoms with E-state index >= 15 is 0 Å². The fourth-order valence-corrected chi connectivity index (χ4v) is 4.53. The SMILES string of the molecule is COc1ccc2c(c1)c(CC(=O)Nc1ccc(S(N)(=O)=O)cc1)c(C)n2C(=O)c1ccc(Cl)cc1. The van der Waals surface area contributed by atoms with E-state index in [0.717, 1.165) is 0 Å². The number of methoxy groups -OCH3 is 1. The third kappa shape index (κ3) is 5.07. The molecule has 10 heteroatoms. The second kappa shape index (κ2) is 9.53. The Hall–Kier alpha value is -3.66. The highest BCUT2D eigenvalue weighted by molar-refractivity contribution is 7.89. The molecule has 0 spiro atoms. The van der Waals surface area contributed by atoms with Gasteiger partial charge in [0.1, 0.15) is 5.75 Å². The van der Waals surface area contributed by atoms with Gasteiger partial charge in [-0.2, -0.15) is 0 Å². The summed E-state index contributed by atoms with van der Waals surface area (Å²) in [6.07, 6.45) is -0.0205. The Bertz CT molecular complexity index is 1540. The summed E-state index contributed by atoms with van der Waals surface area (Å²) in [6, 6.07) is 17.5. The second-order valence-corrected chi connectivity index (χ2v) is 9.89. The zero-order valence-corrected chi connectivity index (χ0v) is 20.5. The monoisotopic (exact) mass is 511 g/mol. The zero-order valence-electron chi connectivity index (χ0n) is 18.9. The van der Waals surface area contributed by atoms with Crippen molar-refractivity contribution in [3.05, 3.63) is 88.6 Å². The Labute approximate surface area is 207 Å². The van der Waals surface area contributed by atoms with Crippen LogP contribution in [-0.2, 0) is 21.2 Å². The van der Waals surface area contributed by atoms with E-state index < -0.39 is 10.0 Å². The summed E-state index contributed by atoms with van der Waals surface area (Å²) in [4.78, 5) is 26.2. The average Bonchev–Trinajstić information content (AvgIpc) is 3.09. The average molecular weight is 512 g/mol. The van der Waals surface area contributed by atoms with E-state index in [1.54, 1.807) is 61.1 Å². The van der Waals surface area contributed by atoms with Crippen molar-refractivity contribution in [1.29, 1.82) is 0 Å². The van der Waals surface area contributed by atoms with E-state index in [4.69, 9.17) is 21.5 Å². The Balaban J connectivity index is 1.70. The lowest BCUT2D eigenvalue weighted by molar-refractivity contribution is -0.115. The fourth-order valence-electron chi connectivity index (χ4n) is 3.89.